The van der Waals surface area contributed by atoms with E-state index in [1.807, 2.05) is 0 Å². The van der Waals surface area contributed by atoms with Crippen molar-refractivity contribution in [1.29, 1.82) is 0 Å². The van der Waals surface area contributed by atoms with Crippen molar-refractivity contribution in [2.45, 2.75) is 0 Å². The van der Waals surface area contributed by atoms with Crippen LogP contribution in [0.4, 0.5) is 17.1 Å². The van der Waals surface area contributed by atoms with E-state index >= 15 is 0 Å². The zero-order valence-electron chi connectivity index (χ0n) is 34.8. The predicted molar refractivity (Wildman–Crippen MR) is 269 cm³/mol. The van der Waals surface area contributed by atoms with Gasteiger partial charge in [0.2, 0.25) is 0 Å². The molecule has 1 nitrogen and oxygen atoms in total. The monoisotopic (exact) mass is 801 g/mol. The second kappa shape index (κ2) is 16.7. The summed E-state index contributed by atoms with van der Waals surface area (Å²) >= 11 is 0. The Hall–Kier alpha value is -8.26. The van der Waals surface area contributed by atoms with Crippen molar-refractivity contribution in [3.05, 3.63) is 261 Å². The molecule has 0 fully saturated rings. The van der Waals surface area contributed by atoms with Gasteiger partial charge in [0, 0.05) is 27.9 Å². The van der Waals surface area contributed by atoms with Crippen molar-refractivity contribution in [1.82, 2.24) is 0 Å². The second-order valence-electron chi connectivity index (χ2n) is 16.0. The Morgan fingerprint density at radius 1 is 0.206 bits per heavy atom. The van der Waals surface area contributed by atoms with E-state index < -0.39 is 0 Å². The molecule has 0 unspecified atom stereocenters. The summed E-state index contributed by atoms with van der Waals surface area (Å²) in [5.74, 6) is 0. The van der Waals surface area contributed by atoms with Gasteiger partial charge in [0.1, 0.15) is 0 Å². The summed E-state index contributed by atoms with van der Waals surface area (Å²) in [4.78, 5) is 2.57. The van der Waals surface area contributed by atoms with Crippen LogP contribution in [0.2, 0.25) is 0 Å². The average molecular weight is 802 g/mol. The number of benzene rings is 11. The highest BCUT2D eigenvalue weighted by atomic mass is 15.2. The molecule has 11 rings (SSSR count). The topological polar surface area (TPSA) is 3.24 Å². The maximum Gasteiger partial charge on any atom is 0.0618 e. The molecule has 0 aliphatic rings. The van der Waals surface area contributed by atoms with Crippen LogP contribution < -0.4 is 4.90 Å². The average Bonchev–Trinajstić information content (AvgIpc) is 3.37. The van der Waals surface area contributed by atoms with Crippen molar-refractivity contribution in [3.8, 4) is 66.8 Å². The van der Waals surface area contributed by atoms with E-state index in [0.717, 1.165) is 61.6 Å². The largest absolute Gasteiger partial charge is 0.308 e. The van der Waals surface area contributed by atoms with Crippen LogP contribution in [0, 0.1) is 0 Å². The molecular formula is C62H43N. The van der Waals surface area contributed by atoms with Crippen LogP contribution in [-0.2, 0) is 0 Å². The second-order valence-corrected chi connectivity index (χ2v) is 16.0. The number of hydrogen-bond acceptors (Lipinski definition) is 1. The van der Waals surface area contributed by atoms with Crippen LogP contribution >= 0.6 is 0 Å². The highest BCUT2D eigenvalue weighted by molar-refractivity contribution is 6.22. The Morgan fingerprint density at radius 2 is 0.508 bits per heavy atom. The first kappa shape index (κ1) is 37.7. The van der Waals surface area contributed by atoms with Crippen LogP contribution in [-0.4, -0.2) is 0 Å². The Labute approximate surface area is 369 Å². The van der Waals surface area contributed by atoms with Gasteiger partial charge < -0.3 is 4.90 Å². The summed E-state index contributed by atoms with van der Waals surface area (Å²) in [7, 11) is 0. The van der Waals surface area contributed by atoms with Crippen molar-refractivity contribution in [2.24, 2.45) is 0 Å². The minimum atomic E-state index is 1.06. The molecule has 1 heteroatoms. The van der Waals surface area contributed by atoms with E-state index in [1.165, 1.54) is 43.8 Å². The lowest BCUT2D eigenvalue weighted by molar-refractivity contribution is 1.29. The fraction of sp³-hybridized carbons (Fsp3) is 0. The third kappa shape index (κ3) is 6.96. The molecule has 0 aromatic heterocycles. The Morgan fingerprint density at radius 3 is 0.889 bits per heavy atom. The highest BCUT2D eigenvalue weighted by Gasteiger charge is 2.28. The molecular weight excluding hydrogens is 759 g/mol. The molecule has 0 heterocycles. The summed E-state index contributed by atoms with van der Waals surface area (Å²) < 4.78 is 0. The van der Waals surface area contributed by atoms with E-state index in [4.69, 9.17) is 0 Å². The highest BCUT2D eigenvalue weighted by Crippen LogP contribution is 2.54. The molecule has 296 valence electrons. The molecule has 0 aliphatic heterocycles. The van der Waals surface area contributed by atoms with Crippen molar-refractivity contribution >= 4 is 38.6 Å². The normalized spacial score (nSPS) is 11.2. The zero-order chi connectivity index (χ0) is 42.0. The first-order valence-electron chi connectivity index (χ1n) is 21.7. The molecule has 0 N–H and O–H groups in total. The predicted octanol–water partition coefficient (Wildman–Crippen LogP) is 17.5. The Kier molecular flexibility index (Phi) is 9.97. The number of rotatable bonds is 9. The molecule has 63 heavy (non-hydrogen) atoms. The van der Waals surface area contributed by atoms with Crippen LogP contribution in [0.25, 0.3) is 88.3 Å². The van der Waals surface area contributed by atoms with Gasteiger partial charge in [0.05, 0.1) is 11.4 Å². The molecule has 11 aromatic carbocycles. The minimum absolute atomic E-state index is 1.06. The van der Waals surface area contributed by atoms with Gasteiger partial charge in [-0.25, -0.2) is 0 Å². The standard InChI is InChI=1S/C62H43N/c1-7-23-44(24-8-1)51-37-21-38-52(45-25-9-2-10-26-45)61(51)63(62-53(46-27-11-3-12-28-46)39-22-40-54(62)47-29-13-4-14-30-47)50-41-42-56-55-35-19-20-36-57(55)59(48-31-15-5-16-32-48)60(58(56)43-50)49-33-17-6-18-34-49/h1-43H. The summed E-state index contributed by atoms with van der Waals surface area (Å²) in [6.07, 6.45) is 0. The van der Waals surface area contributed by atoms with Gasteiger partial charge >= 0.3 is 0 Å². The third-order valence-corrected chi connectivity index (χ3v) is 12.3. The molecule has 0 radical (unpaired) electrons. The lowest BCUT2D eigenvalue weighted by Gasteiger charge is -2.34. The van der Waals surface area contributed by atoms with Gasteiger partial charge in [-0.05, 0) is 78.2 Å². The number of nitrogens with zero attached hydrogens (tertiary/aromatic N) is 1. The number of anilines is 3. The van der Waals surface area contributed by atoms with Gasteiger partial charge in [-0.1, -0.05) is 249 Å². The first-order valence-corrected chi connectivity index (χ1v) is 21.7. The fourth-order valence-corrected chi connectivity index (χ4v) is 9.47. The molecule has 0 bridgehead atoms. The van der Waals surface area contributed by atoms with E-state index in [9.17, 15) is 0 Å². The third-order valence-electron chi connectivity index (χ3n) is 12.3. The quantitative estimate of drug-likeness (QED) is 0.131. The van der Waals surface area contributed by atoms with Crippen LogP contribution in [0.15, 0.2) is 261 Å². The molecule has 0 atom stereocenters. The van der Waals surface area contributed by atoms with E-state index in [2.05, 4.69) is 266 Å². The van der Waals surface area contributed by atoms with Crippen molar-refractivity contribution in [2.75, 3.05) is 4.90 Å². The van der Waals surface area contributed by atoms with Crippen LogP contribution in [0.5, 0.6) is 0 Å². The fourth-order valence-electron chi connectivity index (χ4n) is 9.47. The number of para-hydroxylation sites is 2. The van der Waals surface area contributed by atoms with Gasteiger partial charge in [0.15, 0.2) is 0 Å². The maximum absolute atomic E-state index is 2.57. The number of fused-ring (bicyclic) bond motifs is 3. The molecule has 11 aromatic rings. The van der Waals surface area contributed by atoms with E-state index in [-0.39, 0.29) is 0 Å². The molecule has 0 spiro atoms. The van der Waals surface area contributed by atoms with Gasteiger partial charge in [-0.3, -0.25) is 0 Å². The Balaban J connectivity index is 1.34. The molecule has 0 saturated heterocycles. The summed E-state index contributed by atoms with van der Waals surface area (Å²) in [5.41, 5.74) is 17.3. The Bertz CT molecular complexity index is 3100. The first-order chi connectivity index (χ1) is 31.3. The van der Waals surface area contributed by atoms with E-state index in [0.29, 0.717) is 0 Å². The summed E-state index contributed by atoms with van der Waals surface area (Å²) in [6, 6.07) is 94.9. The summed E-state index contributed by atoms with van der Waals surface area (Å²) in [6.45, 7) is 0. The lowest BCUT2D eigenvalue weighted by atomic mass is 9.84. The van der Waals surface area contributed by atoms with Crippen molar-refractivity contribution < 1.29 is 0 Å². The molecule has 0 saturated carbocycles. The summed E-state index contributed by atoms with van der Waals surface area (Å²) in [5, 5.41) is 4.87. The zero-order valence-corrected chi connectivity index (χ0v) is 34.8. The smallest absolute Gasteiger partial charge is 0.0618 e. The lowest BCUT2D eigenvalue weighted by Crippen LogP contribution is -2.15. The SMILES string of the molecule is c1ccc(-c2cccc(-c3ccccc3)c2N(c2ccc3c(c2)c(-c2ccccc2)c(-c2ccccc2)c2ccccc23)c2c(-c3ccccc3)cccc2-c2ccccc2)cc1. The van der Waals surface area contributed by atoms with E-state index in [1.54, 1.807) is 0 Å². The number of hydrogen-bond donors (Lipinski definition) is 0. The minimum Gasteiger partial charge on any atom is -0.308 e. The van der Waals surface area contributed by atoms with Crippen molar-refractivity contribution in [3.63, 3.8) is 0 Å². The van der Waals surface area contributed by atoms with Gasteiger partial charge in [0.25, 0.3) is 0 Å². The van der Waals surface area contributed by atoms with Crippen LogP contribution in [0.3, 0.4) is 0 Å². The maximum atomic E-state index is 2.57. The molecule has 0 amide bonds. The van der Waals surface area contributed by atoms with Gasteiger partial charge in [-0.2, -0.15) is 0 Å². The van der Waals surface area contributed by atoms with Crippen LogP contribution in [0.1, 0.15) is 0 Å². The van der Waals surface area contributed by atoms with Gasteiger partial charge in [-0.15, -0.1) is 0 Å². The molecule has 0 aliphatic carbocycles.